The van der Waals surface area contributed by atoms with E-state index in [2.05, 4.69) is 4.98 Å². The van der Waals surface area contributed by atoms with Gasteiger partial charge in [-0.1, -0.05) is 13.8 Å². The second kappa shape index (κ2) is 4.33. The predicted molar refractivity (Wildman–Crippen MR) is 56.0 cm³/mol. The zero-order valence-corrected chi connectivity index (χ0v) is 8.82. The molecule has 3 nitrogen and oxygen atoms in total. The average Bonchev–Trinajstić information content (AvgIpc) is 2.16. The van der Waals surface area contributed by atoms with Crippen LogP contribution >= 0.6 is 0 Å². The molecule has 14 heavy (non-hydrogen) atoms. The van der Waals surface area contributed by atoms with Crippen molar-refractivity contribution >= 4 is 5.78 Å². The normalized spacial score (nSPS) is 12.9. The lowest BCUT2D eigenvalue weighted by molar-refractivity contribution is 0.101. The summed E-state index contributed by atoms with van der Waals surface area (Å²) in [5.74, 6) is 0.382. The fraction of sp³-hybridized carbons (Fsp3) is 0.455. The molecule has 0 aliphatic rings. The van der Waals surface area contributed by atoms with Crippen LogP contribution in [-0.2, 0) is 0 Å². The lowest BCUT2D eigenvalue weighted by Gasteiger charge is -2.14. The zero-order valence-electron chi connectivity index (χ0n) is 8.82. The molecule has 0 aliphatic carbocycles. The molecule has 0 spiro atoms. The van der Waals surface area contributed by atoms with Crippen molar-refractivity contribution in [2.75, 3.05) is 0 Å². The molecule has 0 fully saturated rings. The minimum absolute atomic E-state index is 0.0298. The molecule has 0 aromatic carbocycles. The third-order valence-electron chi connectivity index (χ3n) is 2.25. The first-order valence-corrected chi connectivity index (χ1v) is 4.75. The number of nitrogens with zero attached hydrogens (tertiary/aromatic N) is 1. The summed E-state index contributed by atoms with van der Waals surface area (Å²) in [6.07, 6.45) is 1.58. The Balaban J connectivity index is 2.88. The number of ketones is 1. The van der Waals surface area contributed by atoms with E-state index in [0.717, 1.165) is 5.69 Å². The van der Waals surface area contributed by atoms with Crippen LogP contribution in [0.25, 0.3) is 0 Å². The number of rotatable bonds is 3. The second-order valence-electron chi connectivity index (χ2n) is 3.80. The molecule has 0 amide bonds. The largest absolute Gasteiger partial charge is 0.322 e. The van der Waals surface area contributed by atoms with Crippen LogP contribution in [0.15, 0.2) is 18.3 Å². The highest BCUT2D eigenvalue weighted by Gasteiger charge is 2.11. The smallest absolute Gasteiger partial charge is 0.161 e. The van der Waals surface area contributed by atoms with Crippen LogP contribution in [0.3, 0.4) is 0 Å². The van der Waals surface area contributed by atoms with E-state index < -0.39 is 0 Å². The molecule has 2 N–H and O–H groups in total. The summed E-state index contributed by atoms with van der Waals surface area (Å²) in [4.78, 5) is 15.2. The topological polar surface area (TPSA) is 56.0 Å². The van der Waals surface area contributed by atoms with E-state index in [1.165, 1.54) is 6.92 Å². The van der Waals surface area contributed by atoms with E-state index in [4.69, 9.17) is 5.73 Å². The molecule has 0 radical (unpaired) electrons. The van der Waals surface area contributed by atoms with Gasteiger partial charge in [-0.15, -0.1) is 0 Å². The van der Waals surface area contributed by atoms with Crippen LogP contribution in [0.5, 0.6) is 0 Å². The van der Waals surface area contributed by atoms with Crippen molar-refractivity contribution in [2.24, 2.45) is 11.7 Å². The number of carbonyl (C=O) groups excluding carboxylic acids is 1. The molecule has 0 saturated carbocycles. The lowest BCUT2D eigenvalue weighted by Crippen LogP contribution is -2.18. The SMILES string of the molecule is CC(=O)c1ccc([C@H](N)C(C)C)nc1. The molecule has 76 valence electrons. The third kappa shape index (κ3) is 2.39. The highest BCUT2D eigenvalue weighted by molar-refractivity contribution is 5.93. The number of carbonyl (C=O) groups is 1. The molecule has 0 saturated heterocycles. The number of nitrogens with two attached hydrogens (primary N) is 1. The molecule has 1 aromatic heterocycles. The van der Waals surface area contributed by atoms with Crippen LogP contribution in [0.4, 0.5) is 0 Å². The standard InChI is InChI=1S/C11H16N2O/c1-7(2)11(12)10-5-4-9(6-13-10)8(3)14/h4-7,11H,12H2,1-3H3/t11-/m1/s1. The van der Waals surface area contributed by atoms with Gasteiger partial charge < -0.3 is 5.73 Å². The Kier molecular flexibility index (Phi) is 3.36. The van der Waals surface area contributed by atoms with Gasteiger partial charge in [-0.25, -0.2) is 0 Å². The highest BCUT2D eigenvalue weighted by atomic mass is 16.1. The molecule has 0 aliphatic heterocycles. The van der Waals surface area contributed by atoms with Crippen LogP contribution in [0.1, 0.15) is 42.9 Å². The Morgan fingerprint density at radius 2 is 2.07 bits per heavy atom. The number of hydrogen-bond acceptors (Lipinski definition) is 3. The summed E-state index contributed by atoms with van der Waals surface area (Å²) in [5.41, 5.74) is 7.38. The van der Waals surface area contributed by atoms with Gasteiger partial charge in [-0.3, -0.25) is 9.78 Å². The summed E-state index contributed by atoms with van der Waals surface area (Å²) < 4.78 is 0. The Hall–Kier alpha value is -1.22. The van der Waals surface area contributed by atoms with Gasteiger partial charge >= 0.3 is 0 Å². The summed E-state index contributed by atoms with van der Waals surface area (Å²) in [6, 6.07) is 3.53. The Labute approximate surface area is 84.3 Å². The molecule has 0 bridgehead atoms. The molecule has 1 atom stereocenters. The van der Waals surface area contributed by atoms with Crippen molar-refractivity contribution in [3.05, 3.63) is 29.6 Å². The fourth-order valence-corrected chi connectivity index (χ4v) is 1.15. The highest BCUT2D eigenvalue weighted by Crippen LogP contribution is 2.16. The maximum atomic E-state index is 11.0. The maximum Gasteiger partial charge on any atom is 0.161 e. The minimum Gasteiger partial charge on any atom is -0.322 e. The van der Waals surface area contributed by atoms with E-state index in [9.17, 15) is 4.79 Å². The van der Waals surface area contributed by atoms with Crippen molar-refractivity contribution in [1.82, 2.24) is 4.98 Å². The lowest BCUT2D eigenvalue weighted by atomic mass is 10.0. The first-order valence-electron chi connectivity index (χ1n) is 4.75. The zero-order chi connectivity index (χ0) is 10.7. The van der Waals surface area contributed by atoms with E-state index in [1.54, 1.807) is 12.3 Å². The van der Waals surface area contributed by atoms with Gasteiger partial charge in [0.25, 0.3) is 0 Å². The molecule has 3 heteroatoms. The average molecular weight is 192 g/mol. The molecule has 1 rings (SSSR count). The van der Waals surface area contributed by atoms with Gasteiger partial charge in [-0.05, 0) is 25.0 Å². The third-order valence-corrected chi connectivity index (χ3v) is 2.25. The summed E-state index contributed by atoms with van der Waals surface area (Å²) >= 11 is 0. The first-order chi connectivity index (χ1) is 6.52. The van der Waals surface area contributed by atoms with E-state index in [-0.39, 0.29) is 11.8 Å². The molecular weight excluding hydrogens is 176 g/mol. The number of hydrogen-bond donors (Lipinski definition) is 1. The fourth-order valence-electron chi connectivity index (χ4n) is 1.15. The number of pyridine rings is 1. The number of aromatic nitrogens is 1. The monoisotopic (exact) mass is 192 g/mol. The predicted octanol–water partition coefficient (Wildman–Crippen LogP) is 1.94. The maximum absolute atomic E-state index is 11.0. The second-order valence-corrected chi connectivity index (χ2v) is 3.80. The molecular formula is C11H16N2O. The Bertz CT molecular complexity index is 317. The quantitative estimate of drug-likeness (QED) is 0.744. The van der Waals surface area contributed by atoms with Crippen molar-refractivity contribution in [1.29, 1.82) is 0 Å². The van der Waals surface area contributed by atoms with Crippen LogP contribution in [0, 0.1) is 5.92 Å². The van der Waals surface area contributed by atoms with Crippen LogP contribution < -0.4 is 5.73 Å². The van der Waals surface area contributed by atoms with Gasteiger partial charge in [0.05, 0.1) is 5.69 Å². The van der Waals surface area contributed by atoms with E-state index in [1.807, 2.05) is 19.9 Å². The van der Waals surface area contributed by atoms with Crippen molar-refractivity contribution in [2.45, 2.75) is 26.8 Å². The van der Waals surface area contributed by atoms with Gasteiger partial charge in [0.2, 0.25) is 0 Å². The van der Waals surface area contributed by atoms with Gasteiger partial charge in [0, 0.05) is 17.8 Å². The van der Waals surface area contributed by atoms with E-state index >= 15 is 0 Å². The van der Waals surface area contributed by atoms with Crippen molar-refractivity contribution in [3.8, 4) is 0 Å². The van der Waals surface area contributed by atoms with Crippen molar-refractivity contribution < 1.29 is 4.79 Å². The molecule has 1 aromatic rings. The Morgan fingerprint density at radius 1 is 1.43 bits per heavy atom. The summed E-state index contributed by atoms with van der Waals surface area (Å²) in [6.45, 7) is 5.62. The molecule has 1 heterocycles. The van der Waals surface area contributed by atoms with E-state index in [0.29, 0.717) is 11.5 Å². The van der Waals surface area contributed by atoms with Crippen LogP contribution in [0.2, 0.25) is 0 Å². The summed E-state index contributed by atoms with van der Waals surface area (Å²) in [5, 5.41) is 0. The van der Waals surface area contributed by atoms with Crippen LogP contribution in [-0.4, -0.2) is 10.8 Å². The first kappa shape index (κ1) is 10.9. The minimum atomic E-state index is -0.0593. The Morgan fingerprint density at radius 3 is 2.43 bits per heavy atom. The number of Topliss-reactive ketones (excluding diaryl/α,β-unsaturated/α-hetero) is 1. The van der Waals surface area contributed by atoms with Crippen molar-refractivity contribution in [3.63, 3.8) is 0 Å². The molecule has 0 unspecified atom stereocenters. The summed E-state index contributed by atoms with van der Waals surface area (Å²) in [7, 11) is 0. The van der Waals surface area contributed by atoms with Gasteiger partial charge in [0.1, 0.15) is 0 Å². The van der Waals surface area contributed by atoms with Gasteiger partial charge in [0.15, 0.2) is 5.78 Å². The van der Waals surface area contributed by atoms with Gasteiger partial charge in [-0.2, -0.15) is 0 Å².